The molecular formula is C24H28N2S6. The molecule has 0 aliphatic rings. The Hall–Kier alpha value is -0.380. The van der Waals surface area contributed by atoms with Crippen LogP contribution in [0.5, 0.6) is 0 Å². The molecule has 0 atom stereocenters. The maximum Gasteiger partial charge on any atom is 0.161 e. The Kier molecular flexibility index (Phi) is 10.9. The van der Waals surface area contributed by atoms with Crippen LogP contribution in [-0.2, 0) is 0 Å². The number of para-hydroxylation sites is 2. The van der Waals surface area contributed by atoms with Gasteiger partial charge in [-0.2, -0.15) is 0 Å². The maximum absolute atomic E-state index is 4.69. The van der Waals surface area contributed by atoms with Crippen LogP contribution in [0.1, 0.15) is 51.4 Å². The maximum atomic E-state index is 4.69. The molecule has 0 radical (unpaired) electrons. The van der Waals surface area contributed by atoms with E-state index < -0.39 is 0 Å². The molecule has 2 heterocycles. The number of aromatic nitrogens is 2. The first-order valence-corrected chi connectivity index (χ1v) is 17.5. The fourth-order valence-corrected chi connectivity index (χ4v) is 10.3. The van der Waals surface area contributed by atoms with Crippen LogP contribution < -0.4 is 0 Å². The molecule has 2 aromatic heterocycles. The second-order valence-electron chi connectivity index (χ2n) is 7.53. The monoisotopic (exact) mass is 536 g/mol. The van der Waals surface area contributed by atoms with Crippen LogP contribution in [0.4, 0.5) is 0 Å². The van der Waals surface area contributed by atoms with Gasteiger partial charge in [0, 0.05) is 11.5 Å². The van der Waals surface area contributed by atoms with Crippen molar-refractivity contribution < 1.29 is 0 Å². The predicted octanol–water partition coefficient (Wildman–Crippen LogP) is 10.2. The average Bonchev–Trinajstić information content (AvgIpc) is 3.42. The van der Waals surface area contributed by atoms with E-state index in [0.29, 0.717) is 0 Å². The Morgan fingerprint density at radius 3 is 1.38 bits per heavy atom. The Labute approximate surface area is 215 Å². The molecule has 2 nitrogen and oxygen atoms in total. The number of thiazole rings is 2. The van der Waals surface area contributed by atoms with Crippen molar-refractivity contribution >= 4 is 86.3 Å². The molecule has 0 aliphatic heterocycles. The molecule has 170 valence electrons. The lowest BCUT2D eigenvalue weighted by Gasteiger charge is -2.02. The molecule has 4 aromatic rings. The number of unbranched alkanes of at least 4 members (excludes halogenated alkanes) is 7. The summed E-state index contributed by atoms with van der Waals surface area (Å²) in [5.74, 6) is 2.45. The molecular weight excluding hydrogens is 509 g/mol. The van der Waals surface area contributed by atoms with Crippen LogP contribution in [0, 0.1) is 0 Å². The van der Waals surface area contributed by atoms with Crippen molar-refractivity contribution in [1.82, 2.24) is 9.97 Å². The Bertz CT molecular complexity index is 924. The lowest BCUT2D eigenvalue weighted by Crippen LogP contribution is -1.83. The second kappa shape index (κ2) is 14.1. The van der Waals surface area contributed by atoms with Crippen molar-refractivity contribution in [3.63, 3.8) is 0 Å². The largest absolute Gasteiger partial charge is 0.229 e. The van der Waals surface area contributed by atoms with Gasteiger partial charge in [-0.1, -0.05) is 84.4 Å². The minimum atomic E-state index is 1.13. The van der Waals surface area contributed by atoms with Crippen molar-refractivity contribution in [3.05, 3.63) is 48.5 Å². The zero-order chi connectivity index (χ0) is 21.8. The third-order valence-corrected chi connectivity index (χ3v) is 12.6. The zero-order valence-corrected chi connectivity index (χ0v) is 22.9. The first kappa shape index (κ1) is 24.7. The van der Waals surface area contributed by atoms with Crippen molar-refractivity contribution in [2.75, 3.05) is 11.5 Å². The fourth-order valence-electron chi connectivity index (χ4n) is 3.34. The van der Waals surface area contributed by atoms with E-state index in [-0.39, 0.29) is 0 Å². The number of nitrogens with zero attached hydrogens (tertiary/aromatic N) is 2. The molecule has 32 heavy (non-hydrogen) atoms. The highest BCUT2D eigenvalue weighted by Gasteiger charge is 2.05. The molecule has 0 bridgehead atoms. The molecule has 0 spiro atoms. The van der Waals surface area contributed by atoms with Gasteiger partial charge in [0.1, 0.15) is 0 Å². The number of hydrogen-bond acceptors (Lipinski definition) is 8. The van der Waals surface area contributed by atoms with E-state index in [0.717, 1.165) is 11.0 Å². The van der Waals surface area contributed by atoms with Gasteiger partial charge < -0.3 is 0 Å². The van der Waals surface area contributed by atoms with Crippen LogP contribution in [-0.4, -0.2) is 21.5 Å². The van der Waals surface area contributed by atoms with E-state index in [1.54, 1.807) is 22.7 Å². The second-order valence-corrected chi connectivity index (χ2v) is 14.9. The Morgan fingerprint density at radius 2 is 0.938 bits per heavy atom. The van der Waals surface area contributed by atoms with Crippen molar-refractivity contribution in [2.45, 2.75) is 60.0 Å². The summed E-state index contributed by atoms with van der Waals surface area (Å²) in [6.45, 7) is 0. The van der Waals surface area contributed by atoms with Crippen molar-refractivity contribution in [2.24, 2.45) is 0 Å². The van der Waals surface area contributed by atoms with Gasteiger partial charge in [-0.3, -0.25) is 0 Å². The molecule has 0 saturated carbocycles. The number of benzene rings is 2. The van der Waals surface area contributed by atoms with Crippen LogP contribution >= 0.6 is 65.8 Å². The van der Waals surface area contributed by atoms with Gasteiger partial charge in [0.2, 0.25) is 0 Å². The summed E-state index contributed by atoms with van der Waals surface area (Å²) in [6.07, 6.45) is 10.9. The minimum Gasteiger partial charge on any atom is -0.229 e. The van der Waals surface area contributed by atoms with Crippen LogP contribution in [0.3, 0.4) is 0 Å². The number of hydrogen-bond donors (Lipinski definition) is 0. The highest BCUT2D eigenvalue weighted by Crippen LogP contribution is 2.38. The molecule has 2 aromatic carbocycles. The lowest BCUT2D eigenvalue weighted by atomic mass is 10.1. The van der Waals surface area contributed by atoms with E-state index in [1.807, 2.05) is 43.2 Å². The van der Waals surface area contributed by atoms with Gasteiger partial charge in [0.05, 0.1) is 20.4 Å². The predicted molar refractivity (Wildman–Crippen MR) is 153 cm³/mol. The molecule has 0 amide bonds. The highest BCUT2D eigenvalue weighted by molar-refractivity contribution is 8.77. The van der Waals surface area contributed by atoms with Gasteiger partial charge in [0.15, 0.2) is 8.68 Å². The molecule has 0 N–H and O–H groups in total. The summed E-state index contributed by atoms with van der Waals surface area (Å²) in [5, 5.41) is 0. The first-order valence-electron chi connectivity index (χ1n) is 11.2. The summed E-state index contributed by atoms with van der Waals surface area (Å²) in [5.41, 5.74) is 2.26. The van der Waals surface area contributed by atoms with Gasteiger partial charge in [-0.05, 0) is 58.7 Å². The van der Waals surface area contributed by atoms with Gasteiger partial charge in [-0.25, -0.2) is 9.97 Å². The lowest BCUT2D eigenvalue weighted by molar-refractivity contribution is 0.588. The van der Waals surface area contributed by atoms with E-state index in [2.05, 4.69) is 58.5 Å². The number of fused-ring (bicyclic) bond motifs is 2. The quantitative estimate of drug-likeness (QED) is 0.111. The molecule has 0 unspecified atom stereocenters. The van der Waals surface area contributed by atoms with Gasteiger partial charge >= 0.3 is 0 Å². The summed E-state index contributed by atoms with van der Waals surface area (Å²) in [7, 11) is 7.60. The average molecular weight is 537 g/mol. The van der Waals surface area contributed by atoms with Gasteiger partial charge in [0.25, 0.3) is 0 Å². The van der Waals surface area contributed by atoms with Crippen molar-refractivity contribution in [3.8, 4) is 0 Å². The van der Waals surface area contributed by atoms with Crippen LogP contribution in [0.15, 0.2) is 57.2 Å². The Balaban J connectivity index is 0.931. The topological polar surface area (TPSA) is 25.8 Å². The summed E-state index contributed by atoms with van der Waals surface area (Å²) in [6, 6.07) is 16.8. The fraction of sp³-hybridized carbons (Fsp3) is 0.417. The van der Waals surface area contributed by atoms with E-state index in [4.69, 9.17) is 0 Å². The summed E-state index contributed by atoms with van der Waals surface area (Å²) < 4.78 is 4.96. The molecule has 0 aliphatic carbocycles. The highest BCUT2D eigenvalue weighted by atomic mass is 33.1. The molecule has 4 rings (SSSR count). The van der Waals surface area contributed by atoms with E-state index >= 15 is 0 Å². The first-order chi connectivity index (χ1) is 15.9. The summed E-state index contributed by atoms with van der Waals surface area (Å²) >= 11 is 3.61. The third-order valence-electron chi connectivity index (χ3n) is 5.01. The van der Waals surface area contributed by atoms with Crippen molar-refractivity contribution in [1.29, 1.82) is 0 Å². The van der Waals surface area contributed by atoms with Crippen LogP contribution in [0.2, 0.25) is 0 Å². The normalized spacial score (nSPS) is 11.6. The Morgan fingerprint density at radius 1 is 0.531 bits per heavy atom. The molecule has 0 saturated heterocycles. The standard InChI is InChI=1S/C24H28N2S6/c1(3-5-11-17-27-31-23-25-19-13-7-9-15-21(19)29-23)2-4-6-12-18-28-32-24-26-20-14-8-10-16-22(20)30-24/h7-10,13-16H,1-6,11-12,17-18H2. The van der Waals surface area contributed by atoms with Gasteiger partial charge in [-0.15, -0.1) is 22.7 Å². The van der Waals surface area contributed by atoms with Crippen LogP contribution in [0.25, 0.3) is 20.4 Å². The zero-order valence-electron chi connectivity index (χ0n) is 18.0. The summed E-state index contributed by atoms with van der Waals surface area (Å²) in [4.78, 5) is 9.37. The smallest absolute Gasteiger partial charge is 0.161 e. The molecule has 0 fully saturated rings. The third kappa shape index (κ3) is 8.13. The minimum absolute atomic E-state index is 1.13. The molecule has 8 heteroatoms. The SMILES string of the molecule is c1ccc2sc(SSCCCCCCCCCCSSc3nc4ccccc4s3)nc2c1. The van der Waals surface area contributed by atoms with E-state index in [9.17, 15) is 0 Å². The van der Waals surface area contributed by atoms with E-state index in [1.165, 1.54) is 81.0 Å². The number of rotatable bonds is 15.